The summed E-state index contributed by atoms with van der Waals surface area (Å²) in [6.07, 6.45) is 0.233. The van der Waals surface area contributed by atoms with Gasteiger partial charge in [0.25, 0.3) is 0 Å². The summed E-state index contributed by atoms with van der Waals surface area (Å²) in [5.74, 6) is -0.392. The molecule has 1 aliphatic rings. The minimum Gasteiger partial charge on any atom is -0.323 e. The first-order valence-electron chi connectivity index (χ1n) is 5.22. The van der Waals surface area contributed by atoms with Gasteiger partial charge in [0.15, 0.2) is 0 Å². The summed E-state index contributed by atoms with van der Waals surface area (Å²) in [5.41, 5.74) is 6.42. The van der Waals surface area contributed by atoms with Crippen LogP contribution in [0.4, 0.5) is 11.4 Å². The third-order valence-corrected chi connectivity index (χ3v) is 2.90. The molecule has 6 heteroatoms. The zero-order valence-electron chi connectivity index (χ0n) is 9.07. The monoisotopic (exact) mass is 253 g/mol. The van der Waals surface area contributed by atoms with Crippen molar-refractivity contribution in [3.05, 3.63) is 23.2 Å². The average molecular weight is 254 g/mol. The van der Waals surface area contributed by atoms with Gasteiger partial charge in [0.1, 0.15) is 0 Å². The van der Waals surface area contributed by atoms with E-state index in [9.17, 15) is 9.59 Å². The van der Waals surface area contributed by atoms with E-state index in [0.29, 0.717) is 22.9 Å². The lowest BCUT2D eigenvalue weighted by atomic mass is 10.2. The second-order valence-corrected chi connectivity index (χ2v) is 4.09. The molecule has 0 saturated heterocycles. The molecule has 1 aromatic rings. The number of hydrogen-bond donors (Lipinski definition) is 2. The van der Waals surface area contributed by atoms with Crippen molar-refractivity contribution in [3.8, 4) is 0 Å². The van der Waals surface area contributed by atoms with Crippen LogP contribution in [0.25, 0.3) is 0 Å². The molecule has 2 rings (SSSR count). The number of carbonyl (C=O) groups excluding carboxylic acids is 2. The van der Waals surface area contributed by atoms with Crippen molar-refractivity contribution in [2.75, 3.05) is 23.3 Å². The van der Waals surface area contributed by atoms with E-state index in [2.05, 4.69) is 5.32 Å². The molecule has 0 spiro atoms. The van der Waals surface area contributed by atoms with E-state index in [1.807, 2.05) is 0 Å². The lowest BCUT2D eigenvalue weighted by Gasteiger charge is -2.21. The van der Waals surface area contributed by atoms with E-state index in [1.165, 1.54) is 4.90 Å². The fraction of sp³-hybridized carbons (Fsp3) is 0.273. The molecule has 0 aromatic heterocycles. The smallest absolute Gasteiger partial charge is 0.240 e. The van der Waals surface area contributed by atoms with Crippen LogP contribution < -0.4 is 16.0 Å². The Morgan fingerprint density at radius 1 is 1.53 bits per heavy atom. The fourth-order valence-electron chi connectivity index (χ4n) is 1.77. The molecule has 1 aliphatic heterocycles. The summed E-state index contributed by atoms with van der Waals surface area (Å²) < 4.78 is 0. The van der Waals surface area contributed by atoms with Crippen LogP contribution in [-0.4, -0.2) is 24.9 Å². The van der Waals surface area contributed by atoms with Crippen LogP contribution in [0.2, 0.25) is 5.02 Å². The molecule has 3 N–H and O–H groups in total. The number of rotatable bonds is 1. The van der Waals surface area contributed by atoms with Crippen molar-refractivity contribution < 1.29 is 9.59 Å². The molecule has 0 fully saturated rings. The highest BCUT2D eigenvalue weighted by Gasteiger charge is 2.24. The van der Waals surface area contributed by atoms with Gasteiger partial charge in [-0.25, -0.2) is 0 Å². The van der Waals surface area contributed by atoms with Gasteiger partial charge in [-0.15, -0.1) is 0 Å². The summed E-state index contributed by atoms with van der Waals surface area (Å²) in [4.78, 5) is 24.7. The molecule has 0 bridgehead atoms. The van der Waals surface area contributed by atoms with E-state index in [-0.39, 0.29) is 24.8 Å². The topological polar surface area (TPSA) is 75.4 Å². The number of nitrogens with two attached hydrogens (primary N) is 1. The highest BCUT2D eigenvalue weighted by molar-refractivity contribution is 6.34. The van der Waals surface area contributed by atoms with Crippen LogP contribution in [0, 0.1) is 0 Å². The molecule has 90 valence electrons. The van der Waals surface area contributed by atoms with Gasteiger partial charge < -0.3 is 16.0 Å². The largest absolute Gasteiger partial charge is 0.323 e. The second-order valence-electron chi connectivity index (χ2n) is 3.68. The first-order valence-corrected chi connectivity index (χ1v) is 5.60. The van der Waals surface area contributed by atoms with Crippen molar-refractivity contribution in [1.82, 2.24) is 0 Å². The van der Waals surface area contributed by atoms with E-state index >= 15 is 0 Å². The van der Waals surface area contributed by atoms with Gasteiger partial charge in [0.2, 0.25) is 11.8 Å². The Kier molecular flexibility index (Phi) is 3.31. The number of hydrogen-bond acceptors (Lipinski definition) is 3. The summed E-state index contributed by atoms with van der Waals surface area (Å²) in [6, 6.07) is 5.13. The number of benzene rings is 1. The number of fused-ring (bicyclic) bond motifs is 1. The maximum Gasteiger partial charge on any atom is 0.240 e. The Hall–Kier alpha value is -1.59. The van der Waals surface area contributed by atoms with E-state index < -0.39 is 0 Å². The van der Waals surface area contributed by atoms with E-state index in [0.717, 1.165) is 0 Å². The number of nitrogens with one attached hydrogen (secondary N) is 1. The molecule has 2 amide bonds. The molecule has 1 heterocycles. The molecule has 1 aromatic carbocycles. The summed E-state index contributed by atoms with van der Waals surface area (Å²) in [7, 11) is 0. The average Bonchev–Trinajstić information content (AvgIpc) is 2.48. The van der Waals surface area contributed by atoms with Crippen LogP contribution in [0.1, 0.15) is 6.42 Å². The number of halogens is 1. The van der Waals surface area contributed by atoms with Crippen LogP contribution in [0.15, 0.2) is 18.2 Å². The first-order chi connectivity index (χ1) is 8.13. The number of carbonyl (C=O) groups is 2. The minimum absolute atomic E-state index is 0.0971. The van der Waals surface area contributed by atoms with Gasteiger partial charge in [-0.3, -0.25) is 9.59 Å². The zero-order valence-corrected chi connectivity index (χ0v) is 9.83. The van der Waals surface area contributed by atoms with Crippen molar-refractivity contribution >= 4 is 34.8 Å². The Labute approximate surface area is 104 Å². The molecule has 0 aliphatic carbocycles. The van der Waals surface area contributed by atoms with Crippen LogP contribution in [-0.2, 0) is 9.59 Å². The normalized spacial score (nSPS) is 14.9. The molecular formula is C11H12ClN3O2. The number of para-hydroxylation sites is 1. The van der Waals surface area contributed by atoms with Crippen LogP contribution >= 0.6 is 11.6 Å². The first kappa shape index (κ1) is 11.9. The highest BCUT2D eigenvalue weighted by Crippen LogP contribution is 2.34. The third-order valence-electron chi connectivity index (χ3n) is 2.58. The van der Waals surface area contributed by atoms with Crippen molar-refractivity contribution in [2.24, 2.45) is 5.73 Å². The molecule has 5 nitrogen and oxygen atoms in total. The summed E-state index contributed by atoms with van der Waals surface area (Å²) >= 11 is 6.01. The van der Waals surface area contributed by atoms with E-state index in [1.54, 1.807) is 18.2 Å². The molecule has 17 heavy (non-hydrogen) atoms. The lowest BCUT2D eigenvalue weighted by Crippen LogP contribution is -2.36. The zero-order chi connectivity index (χ0) is 12.4. The van der Waals surface area contributed by atoms with Gasteiger partial charge in [-0.2, -0.15) is 0 Å². The van der Waals surface area contributed by atoms with E-state index in [4.69, 9.17) is 17.3 Å². The Balaban J connectivity index is 2.50. The van der Waals surface area contributed by atoms with Gasteiger partial charge in [-0.1, -0.05) is 17.7 Å². The van der Waals surface area contributed by atoms with Gasteiger partial charge in [0, 0.05) is 13.0 Å². The fourth-order valence-corrected chi connectivity index (χ4v) is 1.98. The highest BCUT2D eigenvalue weighted by atomic mass is 35.5. The van der Waals surface area contributed by atoms with Crippen molar-refractivity contribution in [1.29, 1.82) is 0 Å². The minimum atomic E-state index is -0.231. The molecule has 0 unspecified atom stereocenters. The van der Waals surface area contributed by atoms with Gasteiger partial charge >= 0.3 is 0 Å². The Morgan fingerprint density at radius 2 is 2.29 bits per heavy atom. The summed E-state index contributed by atoms with van der Waals surface area (Å²) in [5, 5.41) is 3.10. The Bertz CT molecular complexity index is 476. The molecular weight excluding hydrogens is 242 g/mol. The van der Waals surface area contributed by atoms with Crippen LogP contribution in [0.3, 0.4) is 0 Å². The second kappa shape index (κ2) is 4.73. The van der Waals surface area contributed by atoms with Crippen LogP contribution in [0.5, 0.6) is 0 Å². The Morgan fingerprint density at radius 3 is 3.00 bits per heavy atom. The lowest BCUT2D eigenvalue weighted by molar-refractivity contribution is -0.117. The summed E-state index contributed by atoms with van der Waals surface area (Å²) in [6.45, 7) is 0.218. The van der Waals surface area contributed by atoms with Gasteiger partial charge in [-0.05, 0) is 12.1 Å². The number of amides is 2. The van der Waals surface area contributed by atoms with Crippen molar-refractivity contribution in [2.45, 2.75) is 6.42 Å². The van der Waals surface area contributed by atoms with Crippen molar-refractivity contribution in [3.63, 3.8) is 0 Å². The maximum atomic E-state index is 11.7. The molecule has 0 atom stereocenters. The molecule has 0 radical (unpaired) electrons. The SMILES string of the molecule is NCC(=O)N1CCC(=O)Nc2c(Cl)cccc21. The number of anilines is 2. The third kappa shape index (κ3) is 2.25. The standard InChI is InChI=1S/C11H12ClN3O2/c12-7-2-1-3-8-11(7)14-9(16)4-5-15(8)10(17)6-13/h1-3H,4-6,13H2,(H,14,16). The maximum absolute atomic E-state index is 11.7. The number of nitrogens with zero attached hydrogens (tertiary/aromatic N) is 1. The van der Waals surface area contributed by atoms with Gasteiger partial charge in [0.05, 0.1) is 22.9 Å². The predicted octanol–water partition coefficient (Wildman–Crippen LogP) is 0.974. The molecule has 0 saturated carbocycles. The predicted molar refractivity (Wildman–Crippen MR) is 66.1 cm³/mol. The quantitative estimate of drug-likeness (QED) is 0.783.